The molecule has 4 nitrogen and oxygen atoms in total. The molecule has 1 atom stereocenters. The first kappa shape index (κ1) is 17.6. The minimum atomic E-state index is -0.403. The topological polar surface area (TPSA) is 41.6 Å². The summed E-state index contributed by atoms with van der Waals surface area (Å²) in [4.78, 5) is 14.3. The lowest BCUT2D eigenvalue weighted by molar-refractivity contribution is 0.00885. The number of carbonyl (C=O) groups is 1. The Morgan fingerprint density at radius 1 is 1.09 bits per heavy atom. The maximum atomic E-state index is 12.4. The molecule has 1 saturated heterocycles. The molecule has 1 saturated carbocycles. The lowest BCUT2D eigenvalue weighted by Crippen LogP contribution is -2.47. The van der Waals surface area contributed by atoms with E-state index in [-0.39, 0.29) is 6.09 Å². The van der Waals surface area contributed by atoms with E-state index in [1.54, 1.807) is 0 Å². The molecule has 0 aromatic heterocycles. The predicted molar refractivity (Wildman–Crippen MR) is 90.1 cm³/mol. The first-order chi connectivity index (χ1) is 10.5. The molecule has 1 N–H and O–H groups in total. The Bertz CT molecular complexity index is 345. The molecule has 1 unspecified atom stereocenters. The van der Waals surface area contributed by atoms with E-state index in [0.717, 1.165) is 32.4 Å². The van der Waals surface area contributed by atoms with Crippen molar-refractivity contribution in [2.24, 2.45) is 0 Å². The molecule has 2 fully saturated rings. The second-order valence-corrected chi connectivity index (χ2v) is 7.90. The molecule has 1 aliphatic carbocycles. The number of rotatable bonds is 4. The molecule has 1 aliphatic heterocycles. The van der Waals surface area contributed by atoms with Gasteiger partial charge in [-0.05, 0) is 65.8 Å². The van der Waals surface area contributed by atoms with Crippen LogP contribution in [0.4, 0.5) is 4.79 Å². The number of likely N-dealkylation sites (tertiary alicyclic amines) is 1. The SMILES string of the molecule is CC(C)(C)OC(=O)N1CCCCC1CCNC1CCCCC1. The summed E-state index contributed by atoms with van der Waals surface area (Å²) in [5.74, 6) is 0. The van der Waals surface area contributed by atoms with Gasteiger partial charge < -0.3 is 15.0 Å². The van der Waals surface area contributed by atoms with Crippen LogP contribution in [0.15, 0.2) is 0 Å². The van der Waals surface area contributed by atoms with Gasteiger partial charge in [-0.25, -0.2) is 4.79 Å². The highest BCUT2D eigenvalue weighted by Crippen LogP contribution is 2.23. The molecule has 0 aromatic carbocycles. The van der Waals surface area contributed by atoms with Crippen LogP contribution in [0.1, 0.15) is 78.6 Å². The molecule has 0 spiro atoms. The van der Waals surface area contributed by atoms with Gasteiger partial charge >= 0.3 is 6.09 Å². The van der Waals surface area contributed by atoms with Gasteiger partial charge in [0.25, 0.3) is 0 Å². The molecule has 1 amide bonds. The standard InChI is InChI=1S/C18H34N2O2/c1-18(2,3)22-17(21)20-14-8-7-11-16(20)12-13-19-15-9-5-4-6-10-15/h15-16,19H,4-14H2,1-3H3. The normalized spacial score (nSPS) is 24.3. The van der Waals surface area contributed by atoms with E-state index in [4.69, 9.17) is 4.74 Å². The summed E-state index contributed by atoms with van der Waals surface area (Å²) in [6.45, 7) is 7.69. The summed E-state index contributed by atoms with van der Waals surface area (Å²) >= 11 is 0. The summed E-state index contributed by atoms with van der Waals surface area (Å²) in [6, 6.07) is 1.05. The number of carbonyl (C=O) groups excluding carboxylic acids is 1. The third kappa shape index (κ3) is 5.79. The van der Waals surface area contributed by atoms with Gasteiger partial charge in [-0.1, -0.05) is 19.3 Å². The largest absolute Gasteiger partial charge is 0.444 e. The molecule has 0 radical (unpaired) electrons. The summed E-state index contributed by atoms with van der Waals surface area (Å²) < 4.78 is 5.57. The monoisotopic (exact) mass is 310 g/mol. The molecule has 2 rings (SSSR count). The Balaban J connectivity index is 1.77. The van der Waals surface area contributed by atoms with Gasteiger partial charge in [-0.15, -0.1) is 0 Å². The zero-order valence-electron chi connectivity index (χ0n) is 14.7. The van der Waals surface area contributed by atoms with Gasteiger partial charge in [0, 0.05) is 18.6 Å². The van der Waals surface area contributed by atoms with E-state index in [9.17, 15) is 4.79 Å². The smallest absolute Gasteiger partial charge is 0.410 e. The van der Waals surface area contributed by atoms with Crippen LogP contribution in [0.5, 0.6) is 0 Å². The van der Waals surface area contributed by atoms with Crippen LogP contribution < -0.4 is 5.32 Å². The van der Waals surface area contributed by atoms with Crippen molar-refractivity contribution in [2.75, 3.05) is 13.1 Å². The fourth-order valence-corrected chi connectivity index (χ4v) is 3.62. The highest BCUT2D eigenvalue weighted by molar-refractivity contribution is 5.68. The zero-order chi connectivity index (χ0) is 16.0. The van der Waals surface area contributed by atoms with Crippen molar-refractivity contribution in [3.8, 4) is 0 Å². The number of amides is 1. The van der Waals surface area contributed by atoms with Crippen molar-refractivity contribution in [1.82, 2.24) is 10.2 Å². The number of nitrogens with zero attached hydrogens (tertiary/aromatic N) is 1. The zero-order valence-corrected chi connectivity index (χ0v) is 14.7. The third-order valence-electron chi connectivity index (χ3n) is 4.77. The predicted octanol–water partition coefficient (Wildman–Crippen LogP) is 4.09. The van der Waals surface area contributed by atoms with Crippen LogP contribution >= 0.6 is 0 Å². The van der Waals surface area contributed by atoms with Gasteiger partial charge in [-0.2, -0.15) is 0 Å². The summed E-state index contributed by atoms with van der Waals surface area (Å²) in [5, 5.41) is 3.70. The summed E-state index contributed by atoms with van der Waals surface area (Å²) in [5.41, 5.74) is -0.403. The van der Waals surface area contributed by atoms with Gasteiger partial charge in [0.1, 0.15) is 5.60 Å². The van der Waals surface area contributed by atoms with Crippen LogP contribution in [-0.2, 0) is 4.74 Å². The van der Waals surface area contributed by atoms with E-state index in [1.165, 1.54) is 38.5 Å². The lowest BCUT2D eigenvalue weighted by atomic mass is 9.95. The van der Waals surface area contributed by atoms with E-state index in [1.807, 2.05) is 25.7 Å². The Hall–Kier alpha value is -0.770. The Kier molecular flexibility index (Phi) is 6.54. The van der Waals surface area contributed by atoms with E-state index in [2.05, 4.69) is 5.32 Å². The number of piperidine rings is 1. The van der Waals surface area contributed by atoms with Crippen LogP contribution in [0, 0.1) is 0 Å². The average molecular weight is 310 g/mol. The lowest BCUT2D eigenvalue weighted by Gasteiger charge is -2.37. The minimum Gasteiger partial charge on any atom is -0.444 e. The fourth-order valence-electron chi connectivity index (χ4n) is 3.62. The maximum Gasteiger partial charge on any atom is 0.410 e. The highest BCUT2D eigenvalue weighted by Gasteiger charge is 2.30. The first-order valence-electron chi connectivity index (χ1n) is 9.19. The first-order valence-corrected chi connectivity index (χ1v) is 9.19. The summed E-state index contributed by atoms with van der Waals surface area (Å²) in [6.07, 6.45) is 11.1. The van der Waals surface area contributed by atoms with E-state index >= 15 is 0 Å². The number of hydrogen-bond donors (Lipinski definition) is 1. The van der Waals surface area contributed by atoms with Gasteiger partial charge in [0.15, 0.2) is 0 Å². The van der Waals surface area contributed by atoms with Crippen molar-refractivity contribution >= 4 is 6.09 Å². The molecular formula is C18H34N2O2. The van der Waals surface area contributed by atoms with Crippen molar-refractivity contribution < 1.29 is 9.53 Å². The van der Waals surface area contributed by atoms with Crippen molar-refractivity contribution in [3.63, 3.8) is 0 Å². The van der Waals surface area contributed by atoms with Gasteiger partial charge in [0.05, 0.1) is 0 Å². The molecule has 0 aromatic rings. The third-order valence-corrected chi connectivity index (χ3v) is 4.77. The quantitative estimate of drug-likeness (QED) is 0.850. The van der Waals surface area contributed by atoms with E-state index in [0.29, 0.717) is 12.1 Å². The molecule has 22 heavy (non-hydrogen) atoms. The van der Waals surface area contributed by atoms with Crippen LogP contribution in [-0.4, -0.2) is 41.8 Å². The maximum absolute atomic E-state index is 12.4. The van der Waals surface area contributed by atoms with Crippen molar-refractivity contribution in [3.05, 3.63) is 0 Å². The van der Waals surface area contributed by atoms with Crippen LogP contribution in [0.25, 0.3) is 0 Å². The van der Waals surface area contributed by atoms with Gasteiger partial charge in [0.2, 0.25) is 0 Å². The van der Waals surface area contributed by atoms with Crippen LogP contribution in [0.3, 0.4) is 0 Å². The Labute approximate surface area is 136 Å². The molecule has 2 aliphatic rings. The molecule has 4 heteroatoms. The number of hydrogen-bond acceptors (Lipinski definition) is 3. The molecule has 0 bridgehead atoms. The van der Waals surface area contributed by atoms with Crippen molar-refractivity contribution in [2.45, 2.75) is 96.2 Å². The van der Waals surface area contributed by atoms with Crippen molar-refractivity contribution in [1.29, 1.82) is 0 Å². The minimum absolute atomic E-state index is 0.130. The second-order valence-electron chi connectivity index (χ2n) is 7.90. The molecule has 1 heterocycles. The van der Waals surface area contributed by atoms with Crippen LogP contribution in [0.2, 0.25) is 0 Å². The van der Waals surface area contributed by atoms with E-state index < -0.39 is 5.60 Å². The highest BCUT2D eigenvalue weighted by atomic mass is 16.6. The molecule has 128 valence electrons. The Morgan fingerprint density at radius 3 is 2.45 bits per heavy atom. The number of ether oxygens (including phenoxy) is 1. The fraction of sp³-hybridized carbons (Fsp3) is 0.944. The Morgan fingerprint density at radius 2 is 1.77 bits per heavy atom. The molecular weight excluding hydrogens is 276 g/mol. The summed E-state index contributed by atoms with van der Waals surface area (Å²) in [7, 11) is 0. The van der Waals surface area contributed by atoms with Gasteiger partial charge in [-0.3, -0.25) is 0 Å². The number of nitrogens with one attached hydrogen (secondary N) is 1. The second kappa shape index (κ2) is 8.19. The average Bonchev–Trinajstić information content (AvgIpc) is 2.47.